The van der Waals surface area contributed by atoms with Crippen LogP contribution >= 0.6 is 22.9 Å². The van der Waals surface area contributed by atoms with Gasteiger partial charge in [-0.2, -0.15) is 13.2 Å². The second-order valence-electron chi connectivity index (χ2n) is 3.76. The Balaban J connectivity index is 2.43. The Morgan fingerprint density at radius 1 is 1.22 bits per heavy atom. The fraction of sp³-hybridized carbons (Fsp3) is 0.167. The van der Waals surface area contributed by atoms with Crippen molar-refractivity contribution in [3.8, 4) is 0 Å². The van der Waals surface area contributed by atoms with Crippen molar-refractivity contribution in [1.29, 1.82) is 0 Å². The van der Waals surface area contributed by atoms with Gasteiger partial charge in [0.25, 0.3) is 0 Å². The molecule has 18 heavy (non-hydrogen) atoms. The maximum Gasteiger partial charge on any atom is 0.416 e. The van der Waals surface area contributed by atoms with E-state index in [2.05, 4.69) is 0 Å². The molecule has 0 amide bonds. The number of hydrogen-bond donors (Lipinski definition) is 1. The van der Waals surface area contributed by atoms with Crippen LogP contribution < -0.4 is 5.73 Å². The molecular weight excluding hydrogens is 283 g/mol. The van der Waals surface area contributed by atoms with Gasteiger partial charge in [-0.25, -0.2) is 0 Å². The van der Waals surface area contributed by atoms with Crippen LogP contribution in [0.15, 0.2) is 35.7 Å². The molecule has 0 aliphatic rings. The molecule has 0 spiro atoms. The van der Waals surface area contributed by atoms with E-state index in [1.807, 2.05) is 5.38 Å². The molecule has 1 atom stereocenters. The third-order valence-corrected chi connectivity index (χ3v) is 3.63. The van der Waals surface area contributed by atoms with Gasteiger partial charge in [0.2, 0.25) is 0 Å². The summed E-state index contributed by atoms with van der Waals surface area (Å²) in [5.41, 5.74) is 5.50. The molecule has 0 aliphatic heterocycles. The van der Waals surface area contributed by atoms with Crippen LogP contribution in [0.5, 0.6) is 0 Å². The van der Waals surface area contributed by atoms with Gasteiger partial charge in [-0.1, -0.05) is 17.7 Å². The van der Waals surface area contributed by atoms with Gasteiger partial charge in [0.15, 0.2) is 0 Å². The van der Waals surface area contributed by atoms with Gasteiger partial charge in [0, 0.05) is 9.90 Å². The summed E-state index contributed by atoms with van der Waals surface area (Å²) >= 11 is 7.11. The first-order valence-electron chi connectivity index (χ1n) is 5.04. The van der Waals surface area contributed by atoms with Gasteiger partial charge in [0.1, 0.15) is 0 Å². The standard InChI is InChI=1S/C12H9ClF3NS/c13-9-5-7(4-8(6-9)12(14,15)16)11(17)10-2-1-3-18-10/h1-6,11H,17H2/t11-/m1/s1. The number of halogens is 4. The SMILES string of the molecule is N[C@H](c1cc(Cl)cc(C(F)(F)F)c1)c1cccs1. The van der Waals surface area contributed by atoms with Crippen molar-refractivity contribution in [2.45, 2.75) is 12.2 Å². The van der Waals surface area contributed by atoms with Gasteiger partial charge >= 0.3 is 6.18 Å². The van der Waals surface area contributed by atoms with Gasteiger partial charge in [-0.05, 0) is 35.2 Å². The Bertz CT molecular complexity index is 537. The number of nitrogens with two attached hydrogens (primary N) is 1. The summed E-state index contributed by atoms with van der Waals surface area (Å²) < 4.78 is 38.0. The lowest BCUT2D eigenvalue weighted by atomic mass is 10.0. The Hall–Kier alpha value is -1.04. The molecule has 6 heteroatoms. The highest BCUT2D eigenvalue weighted by atomic mass is 35.5. The van der Waals surface area contributed by atoms with Crippen molar-refractivity contribution < 1.29 is 13.2 Å². The van der Waals surface area contributed by atoms with Gasteiger partial charge in [-0.3, -0.25) is 0 Å². The Morgan fingerprint density at radius 2 is 1.94 bits per heavy atom. The van der Waals surface area contributed by atoms with Crippen molar-refractivity contribution in [2.75, 3.05) is 0 Å². The highest BCUT2D eigenvalue weighted by molar-refractivity contribution is 7.10. The summed E-state index contributed by atoms with van der Waals surface area (Å²) in [4.78, 5) is 0.797. The van der Waals surface area contributed by atoms with E-state index in [1.54, 1.807) is 12.1 Å². The van der Waals surface area contributed by atoms with E-state index in [4.69, 9.17) is 17.3 Å². The minimum atomic E-state index is -4.42. The summed E-state index contributed by atoms with van der Waals surface area (Å²) in [6.07, 6.45) is -4.42. The highest BCUT2D eigenvalue weighted by Crippen LogP contribution is 2.34. The van der Waals surface area contributed by atoms with Crippen molar-refractivity contribution >= 4 is 22.9 Å². The fourth-order valence-electron chi connectivity index (χ4n) is 1.59. The Kier molecular flexibility index (Phi) is 3.66. The number of rotatable bonds is 2. The second kappa shape index (κ2) is 4.91. The molecule has 1 aromatic heterocycles. The number of thiophene rings is 1. The van der Waals surface area contributed by atoms with Crippen LogP contribution in [0.3, 0.4) is 0 Å². The predicted molar refractivity (Wildman–Crippen MR) is 66.8 cm³/mol. The van der Waals surface area contributed by atoms with Crippen LogP contribution in [-0.4, -0.2) is 0 Å². The Labute approximate surface area is 111 Å². The van der Waals surface area contributed by atoms with E-state index in [0.717, 1.165) is 17.0 Å². The normalized spacial score (nSPS) is 13.6. The zero-order valence-electron chi connectivity index (χ0n) is 9.04. The topological polar surface area (TPSA) is 26.0 Å². The smallest absolute Gasteiger partial charge is 0.320 e. The van der Waals surface area contributed by atoms with Crippen molar-refractivity contribution in [2.24, 2.45) is 5.73 Å². The minimum absolute atomic E-state index is 0.0341. The van der Waals surface area contributed by atoms with Crippen LogP contribution in [0, 0.1) is 0 Å². The predicted octanol–water partition coefficient (Wildman–Crippen LogP) is 4.47. The first kappa shape index (κ1) is 13.4. The molecule has 1 aromatic carbocycles. The molecule has 1 heterocycles. The first-order valence-corrected chi connectivity index (χ1v) is 6.30. The monoisotopic (exact) mass is 291 g/mol. The van der Waals surface area contributed by atoms with E-state index in [1.165, 1.54) is 17.4 Å². The van der Waals surface area contributed by atoms with E-state index in [0.29, 0.717) is 5.56 Å². The van der Waals surface area contributed by atoms with Gasteiger partial charge in [0.05, 0.1) is 11.6 Å². The molecule has 0 radical (unpaired) electrons. The van der Waals surface area contributed by atoms with Crippen LogP contribution in [0.2, 0.25) is 5.02 Å². The lowest BCUT2D eigenvalue weighted by molar-refractivity contribution is -0.137. The first-order chi connectivity index (χ1) is 8.38. The maximum atomic E-state index is 12.7. The molecule has 2 aromatic rings. The number of alkyl halides is 3. The molecule has 0 saturated heterocycles. The lowest BCUT2D eigenvalue weighted by Gasteiger charge is -2.14. The van der Waals surface area contributed by atoms with Crippen LogP contribution in [0.25, 0.3) is 0 Å². The summed E-state index contributed by atoms with van der Waals surface area (Å²) in [6, 6.07) is 6.38. The van der Waals surface area contributed by atoms with Crippen molar-refractivity contribution in [1.82, 2.24) is 0 Å². The quantitative estimate of drug-likeness (QED) is 0.868. The second-order valence-corrected chi connectivity index (χ2v) is 5.18. The molecule has 96 valence electrons. The summed E-state index contributed by atoms with van der Waals surface area (Å²) in [6.45, 7) is 0. The average Bonchev–Trinajstić information content (AvgIpc) is 2.79. The summed E-state index contributed by atoms with van der Waals surface area (Å²) in [5, 5.41) is 1.86. The summed E-state index contributed by atoms with van der Waals surface area (Å²) in [7, 11) is 0. The molecule has 0 unspecified atom stereocenters. The average molecular weight is 292 g/mol. The maximum absolute atomic E-state index is 12.7. The zero-order valence-corrected chi connectivity index (χ0v) is 10.6. The molecular formula is C12H9ClF3NS. The third-order valence-electron chi connectivity index (χ3n) is 2.46. The largest absolute Gasteiger partial charge is 0.416 e. The highest BCUT2D eigenvalue weighted by Gasteiger charge is 2.31. The number of hydrogen-bond acceptors (Lipinski definition) is 2. The van der Waals surface area contributed by atoms with E-state index in [-0.39, 0.29) is 5.02 Å². The minimum Gasteiger partial charge on any atom is -0.320 e. The van der Waals surface area contributed by atoms with E-state index < -0.39 is 17.8 Å². The van der Waals surface area contributed by atoms with Crippen LogP contribution in [0.1, 0.15) is 22.0 Å². The van der Waals surface area contributed by atoms with Crippen molar-refractivity contribution in [3.05, 3.63) is 56.7 Å². The van der Waals surface area contributed by atoms with Crippen LogP contribution in [-0.2, 0) is 6.18 Å². The summed E-state index contributed by atoms with van der Waals surface area (Å²) in [5.74, 6) is 0. The van der Waals surface area contributed by atoms with Gasteiger partial charge in [-0.15, -0.1) is 11.3 Å². The molecule has 0 bridgehead atoms. The third kappa shape index (κ3) is 2.85. The van der Waals surface area contributed by atoms with E-state index in [9.17, 15) is 13.2 Å². The fourth-order valence-corrected chi connectivity index (χ4v) is 2.59. The molecule has 0 aliphatic carbocycles. The molecule has 0 saturated carbocycles. The number of benzene rings is 1. The molecule has 2 N–H and O–H groups in total. The van der Waals surface area contributed by atoms with E-state index >= 15 is 0 Å². The van der Waals surface area contributed by atoms with Gasteiger partial charge < -0.3 is 5.73 Å². The van der Waals surface area contributed by atoms with Crippen LogP contribution in [0.4, 0.5) is 13.2 Å². The Morgan fingerprint density at radius 3 is 2.50 bits per heavy atom. The molecule has 0 fully saturated rings. The zero-order chi connectivity index (χ0) is 13.3. The molecule has 1 nitrogen and oxygen atoms in total. The molecule has 2 rings (SSSR count). The van der Waals surface area contributed by atoms with Crippen molar-refractivity contribution in [3.63, 3.8) is 0 Å². The lowest BCUT2D eigenvalue weighted by Crippen LogP contribution is -2.12.